The van der Waals surface area contributed by atoms with Gasteiger partial charge in [-0.25, -0.2) is 0 Å². The van der Waals surface area contributed by atoms with E-state index in [1.807, 2.05) is 25.2 Å². The van der Waals surface area contributed by atoms with Crippen LogP contribution in [0.5, 0.6) is 0 Å². The Labute approximate surface area is 304 Å². The van der Waals surface area contributed by atoms with Crippen LogP contribution < -0.4 is 11.1 Å². The van der Waals surface area contributed by atoms with Gasteiger partial charge in [-0.1, -0.05) is 134 Å². The summed E-state index contributed by atoms with van der Waals surface area (Å²) in [5, 5.41) is 11.7. The van der Waals surface area contributed by atoms with Gasteiger partial charge in [-0.2, -0.15) is 0 Å². The van der Waals surface area contributed by atoms with Gasteiger partial charge in [0, 0.05) is 38.5 Å². The lowest BCUT2D eigenvalue weighted by Crippen LogP contribution is -2.26. The first-order valence-corrected chi connectivity index (χ1v) is 18.2. The minimum absolute atomic E-state index is 0.0826. The number of rotatable bonds is 7. The van der Waals surface area contributed by atoms with Gasteiger partial charge < -0.3 is 15.5 Å². The number of hydrogen-bond acceptors (Lipinski definition) is 2. The number of aromatic nitrogens is 1. The van der Waals surface area contributed by atoms with E-state index in [-0.39, 0.29) is 6.04 Å². The maximum Gasteiger partial charge on any atom is 0.0620 e. The molecule has 0 saturated carbocycles. The highest BCUT2D eigenvalue weighted by Crippen LogP contribution is 2.42. The van der Waals surface area contributed by atoms with Gasteiger partial charge in [-0.3, -0.25) is 0 Å². The zero-order valence-electron chi connectivity index (χ0n) is 29.7. The van der Waals surface area contributed by atoms with Gasteiger partial charge >= 0.3 is 0 Å². The number of allylic oxidation sites excluding steroid dienone is 6. The molecule has 1 aliphatic rings. The molecular formula is C49H41N3. The quantitative estimate of drug-likeness (QED) is 0.166. The molecule has 3 heteroatoms. The fourth-order valence-electron chi connectivity index (χ4n) is 8.46. The van der Waals surface area contributed by atoms with Crippen molar-refractivity contribution < 1.29 is 0 Å². The third kappa shape index (κ3) is 5.04. The summed E-state index contributed by atoms with van der Waals surface area (Å²) in [5.41, 5.74) is 20.8. The second-order valence-electron chi connectivity index (χ2n) is 13.9. The molecule has 0 bridgehead atoms. The molecule has 1 unspecified atom stereocenters. The number of nitrogens with one attached hydrogen (secondary N) is 1. The molecule has 52 heavy (non-hydrogen) atoms. The largest absolute Gasteiger partial charge is 0.398 e. The molecular weight excluding hydrogens is 631 g/mol. The Bertz CT molecular complexity index is 2800. The fraction of sp³-hybridized carbons (Fsp3) is 0.102. The Hall–Kier alpha value is -6.32. The molecule has 1 atom stereocenters. The predicted octanol–water partition coefficient (Wildman–Crippen LogP) is 12.6. The fourth-order valence-corrected chi connectivity index (χ4v) is 8.46. The first-order valence-electron chi connectivity index (χ1n) is 18.2. The Morgan fingerprint density at radius 3 is 2.35 bits per heavy atom. The molecule has 252 valence electrons. The van der Waals surface area contributed by atoms with Crippen molar-refractivity contribution in [1.82, 2.24) is 4.40 Å². The molecule has 0 radical (unpaired) electrons. The smallest absolute Gasteiger partial charge is 0.0620 e. The summed E-state index contributed by atoms with van der Waals surface area (Å²) in [6.45, 7) is 8.18. The van der Waals surface area contributed by atoms with Gasteiger partial charge in [0.1, 0.15) is 0 Å². The van der Waals surface area contributed by atoms with E-state index in [2.05, 4.69) is 157 Å². The van der Waals surface area contributed by atoms with Crippen molar-refractivity contribution in [3.8, 4) is 11.1 Å². The molecule has 2 heterocycles. The van der Waals surface area contributed by atoms with E-state index in [0.29, 0.717) is 0 Å². The van der Waals surface area contributed by atoms with Crippen LogP contribution in [-0.4, -0.2) is 10.4 Å². The molecule has 0 saturated heterocycles. The normalized spacial score (nSPS) is 16.3. The lowest BCUT2D eigenvalue weighted by molar-refractivity contribution is 0.733. The topological polar surface area (TPSA) is 42.5 Å². The Balaban J connectivity index is 1.10. The molecule has 3 nitrogen and oxygen atoms in total. The molecule has 3 N–H and O–H groups in total. The number of fused-ring (bicyclic) bond motifs is 7. The minimum Gasteiger partial charge on any atom is -0.398 e. The van der Waals surface area contributed by atoms with Crippen LogP contribution in [0, 0.1) is 6.92 Å². The molecule has 2 aromatic heterocycles. The van der Waals surface area contributed by atoms with Gasteiger partial charge in [0.15, 0.2) is 0 Å². The summed E-state index contributed by atoms with van der Waals surface area (Å²) < 4.78 is 2.46. The molecule has 6 aromatic carbocycles. The van der Waals surface area contributed by atoms with Crippen molar-refractivity contribution in [1.29, 1.82) is 0 Å². The first-order chi connectivity index (χ1) is 25.6. The molecule has 0 spiro atoms. The van der Waals surface area contributed by atoms with Crippen molar-refractivity contribution in [3.63, 3.8) is 0 Å². The second kappa shape index (κ2) is 12.8. The van der Waals surface area contributed by atoms with E-state index in [1.54, 1.807) is 0 Å². The van der Waals surface area contributed by atoms with Gasteiger partial charge in [-0.15, -0.1) is 0 Å². The van der Waals surface area contributed by atoms with E-state index in [0.717, 1.165) is 46.5 Å². The Morgan fingerprint density at radius 1 is 0.769 bits per heavy atom. The van der Waals surface area contributed by atoms with Crippen LogP contribution in [0.15, 0.2) is 164 Å². The summed E-state index contributed by atoms with van der Waals surface area (Å²) in [6, 6.07) is 42.2. The van der Waals surface area contributed by atoms with E-state index < -0.39 is 0 Å². The first kappa shape index (κ1) is 31.6. The molecule has 0 amide bonds. The highest BCUT2D eigenvalue weighted by molar-refractivity contribution is 6.24. The van der Waals surface area contributed by atoms with Gasteiger partial charge in [0.05, 0.1) is 22.6 Å². The van der Waals surface area contributed by atoms with Crippen molar-refractivity contribution in [2.45, 2.75) is 32.7 Å². The van der Waals surface area contributed by atoms with Gasteiger partial charge in [-0.05, 0) is 95.1 Å². The van der Waals surface area contributed by atoms with Gasteiger partial charge in [0.25, 0.3) is 0 Å². The Kier molecular flexibility index (Phi) is 7.78. The number of anilines is 1. The average Bonchev–Trinajstić information content (AvgIpc) is 3.70. The minimum atomic E-state index is 0.0826. The van der Waals surface area contributed by atoms with E-state index in [4.69, 9.17) is 5.73 Å². The van der Waals surface area contributed by atoms with Crippen LogP contribution in [0.4, 0.5) is 5.69 Å². The lowest BCUT2D eigenvalue weighted by atomic mass is 9.90. The number of nitrogens with zero attached hydrogens (tertiary/aromatic N) is 1. The predicted molar refractivity (Wildman–Crippen MR) is 225 cm³/mol. The maximum absolute atomic E-state index is 6.96. The third-order valence-corrected chi connectivity index (χ3v) is 11.0. The summed E-state index contributed by atoms with van der Waals surface area (Å²) in [6.07, 6.45) is 14.4. The number of hydrogen-bond donors (Lipinski definition) is 2. The van der Waals surface area contributed by atoms with Crippen LogP contribution >= 0.6 is 0 Å². The zero-order chi connectivity index (χ0) is 35.3. The van der Waals surface area contributed by atoms with E-state index >= 15 is 0 Å². The van der Waals surface area contributed by atoms with Crippen molar-refractivity contribution in [2.75, 3.05) is 5.32 Å². The van der Waals surface area contributed by atoms with Crippen LogP contribution in [0.3, 0.4) is 0 Å². The highest BCUT2D eigenvalue weighted by atomic mass is 14.9. The number of nitrogens with two attached hydrogens (primary N) is 1. The Morgan fingerprint density at radius 2 is 1.52 bits per heavy atom. The SMILES string of the molecule is C=C/C=C(\C=C/C)c1ccc(/C(N)=C2\C=CCCC2Nc2ccccc2-c2ccc3cc4c(cc3c2C)c2cccc3c5ccccc5n4c32)cc1. The number of benzene rings is 6. The van der Waals surface area contributed by atoms with E-state index in [1.165, 1.54) is 65.6 Å². The van der Waals surface area contributed by atoms with Crippen molar-refractivity contribution in [3.05, 3.63) is 181 Å². The van der Waals surface area contributed by atoms with Crippen molar-refractivity contribution >= 4 is 65.8 Å². The van der Waals surface area contributed by atoms with Crippen LogP contribution in [0.2, 0.25) is 0 Å². The molecule has 0 fully saturated rings. The standard InChI is InChI=1S/C49H41N3/c1-4-13-32(14-5-2)33-23-25-34(26-24-33)48(50)41-17-7-10-21-45(41)51-44-20-9-6-15-37(44)36-28-27-35-29-47-43(30-42(35)31(36)3)40-19-12-18-39-38-16-8-11-22-46(38)52(47)49(39)40/h4-9,11-20,22-30,45,51H,1,10,21,50H2,2-3H3/b14-5-,32-13+,48-41-. The molecule has 8 aromatic rings. The lowest BCUT2D eigenvalue weighted by Gasteiger charge is -2.27. The summed E-state index contributed by atoms with van der Waals surface area (Å²) in [4.78, 5) is 0. The van der Waals surface area contributed by atoms with Crippen LogP contribution in [0.25, 0.3) is 71.3 Å². The van der Waals surface area contributed by atoms with E-state index in [9.17, 15) is 0 Å². The van der Waals surface area contributed by atoms with Crippen molar-refractivity contribution in [2.24, 2.45) is 5.73 Å². The van der Waals surface area contributed by atoms with Gasteiger partial charge in [0.2, 0.25) is 0 Å². The zero-order valence-corrected chi connectivity index (χ0v) is 29.7. The second-order valence-corrected chi connectivity index (χ2v) is 13.9. The van der Waals surface area contributed by atoms with Crippen LogP contribution in [0.1, 0.15) is 36.5 Å². The highest BCUT2D eigenvalue weighted by Gasteiger charge is 2.22. The maximum atomic E-state index is 6.96. The number of para-hydroxylation sites is 3. The van der Waals surface area contributed by atoms with Crippen LogP contribution in [-0.2, 0) is 0 Å². The number of aryl methyl sites for hydroxylation is 1. The summed E-state index contributed by atoms with van der Waals surface area (Å²) >= 11 is 0. The summed E-state index contributed by atoms with van der Waals surface area (Å²) in [5.74, 6) is 0. The third-order valence-electron chi connectivity index (χ3n) is 11.0. The molecule has 9 rings (SSSR count). The summed E-state index contributed by atoms with van der Waals surface area (Å²) in [7, 11) is 0. The average molecular weight is 672 g/mol. The molecule has 1 aliphatic carbocycles. The molecule has 0 aliphatic heterocycles. The monoisotopic (exact) mass is 671 g/mol.